The first-order valence-corrected chi connectivity index (χ1v) is 6.10. The monoisotopic (exact) mass is 242 g/mol. The summed E-state index contributed by atoms with van der Waals surface area (Å²) in [6.45, 7) is 0. The Balaban J connectivity index is 2.23. The number of phenolic OH excluding ortho intramolecular Hbond substituents is 1. The largest absolute Gasteiger partial charge is 0.508 e. The van der Waals surface area contributed by atoms with Gasteiger partial charge >= 0.3 is 0 Å². The van der Waals surface area contributed by atoms with E-state index in [9.17, 15) is 5.11 Å². The number of phenols is 1. The summed E-state index contributed by atoms with van der Waals surface area (Å²) in [4.78, 5) is 0. The van der Waals surface area contributed by atoms with E-state index in [1.807, 2.05) is 24.3 Å². The summed E-state index contributed by atoms with van der Waals surface area (Å²) in [6.07, 6.45) is 4.06. The number of thiol groups is 1. The van der Waals surface area contributed by atoms with Gasteiger partial charge in [-0.2, -0.15) is 12.6 Å². The number of rotatable bonds is 3. The maximum absolute atomic E-state index is 9.23. The van der Waals surface area contributed by atoms with E-state index >= 15 is 0 Å². The third-order valence-corrected chi connectivity index (χ3v) is 2.74. The van der Waals surface area contributed by atoms with Crippen LogP contribution in [0.5, 0.6) is 5.75 Å². The maximum atomic E-state index is 9.23. The average Bonchev–Trinajstić information content (AvgIpc) is 2.38. The zero-order chi connectivity index (χ0) is 12.1. The molecule has 2 aromatic carbocycles. The molecule has 0 amide bonds. The van der Waals surface area contributed by atoms with E-state index in [2.05, 4.69) is 36.9 Å². The van der Waals surface area contributed by atoms with Crippen LogP contribution in [0.4, 0.5) is 0 Å². The highest BCUT2D eigenvalue weighted by Crippen LogP contribution is 2.22. The van der Waals surface area contributed by atoms with Crippen LogP contribution in [0.25, 0.3) is 17.2 Å². The highest BCUT2D eigenvalue weighted by atomic mass is 32.1. The van der Waals surface area contributed by atoms with Gasteiger partial charge in [-0.3, -0.25) is 0 Å². The van der Waals surface area contributed by atoms with Gasteiger partial charge in [0, 0.05) is 5.75 Å². The molecule has 2 heteroatoms. The molecule has 0 aliphatic rings. The molecule has 0 aromatic heterocycles. The number of benzene rings is 2. The summed E-state index contributed by atoms with van der Waals surface area (Å²) >= 11 is 4.13. The van der Waals surface area contributed by atoms with Crippen molar-refractivity contribution in [1.82, 2.24) is 0 Å². The van der Waals surface area contributed by atoms with Gasteiger partial charge in [-0.15, -0.1) is 0 Å². The number of hydrogen-bond donors (Lipinski definition) is 2. The second kappa shape index (κ2) is 5.60. The first-order chi connectivity index (χ1) is 8.29. The van der Waals surface area contributed by atoms with Gasteiger partial charge in [-0.25, -0.2) is 0 Å². The molecule has 0 bridgehead atoms. The first kappa shape index (κ1) is 11.8. The summed E-state index contributed by atoms with van der Waals surface area (Å²) in [5, 5.41) is 9.23. The van der Waals surface area contributed by atoms with E-state index in [1.54, 1.807) is 12.1 Å². The SMILES string of the molecule is Oc1ccc(-c2ccc(C=CCS)cc2)cc1. The molecule has 0 aliphatic carbocycles. The lowest BCUT2D eigenvalue weighted by Crippen LogP contribution is -1.78. The Morgan fingerprint density at radius 2 is 1.41 bits per heavy atom. The van der Waals surface area contributed by atoms with Gasteiger partial charge < -0.3 is 5.11 Å². The summed E-state index contributed by atoms with van der Waals surface area (Å²) in [5.41, 5.74) is 3.42. The Hall–Kier alpha value is -1.67. The van der Waals surface area contributed by atoms with Gasteiger partial charge in [-0.05, 0) is 28.8 Å². The van der Waals surface area contributed by atoms with Crippen molar-refractivity contribution in [3.63, 3.8) is 0 Å². The van der Waals surface area contributed by atoms with Crippen molar-refractivity contribution in [3.8, 4) is 16.9 Å². The first-order valence-electron chi connectivity index (χ1n) is 5.46. The lowest BCUT2D eigenvalue weighted by Gasteiger charge is -2.02. The van der Waals surface area contributed by atoms with Crippen LogP contribution in [0.15, 0.2) is 54.6 Å². The van der Waals surface area contributed by atoms with Crippen molar-refractivity contribution in [1.29, 1.82) is 0 Å². The summed E-state index contributed by atoms with van der Waals surface area (Å²) in [7, 11) is 0. The molecule has 0 saturated carbocycles. The van der Waals surface area contributed by atoms with E-state index < -0.39 is 0 Å². The zero-order valence-corrected chi connectivity index (χ0v) is 10.3. The normalized spacial score (nSPS) is 10.9. The molecule has 0 saturated heterocycles. The molecule has 2 rings (SSSR count). The molecule has 0 spiro atoms. The van der Waals surface area contributed by atoms with Crippen molar-refractivity contribution in [2.75, 3.05) is 5.75 Å². The topological polar surface area (TPSA) is 20.2 Å². The Bertz CT molecular complexity index is 497. The van der Waals surface area contributed by atoms with Crippen LogP contribution >= 0.6 is 12.6 Å². The molecule has 0 aliphatic heterocycles. The molecule has 0 unspecified atom stereocenters. The molecule has 1 nitrogen and oxygen atoms in total. The fourth-order valence-electron chi connectivity index (χ4n) is 1.63. The maximum Gasteiger partial charge on any atom is 0.115 e. The van der Waals surface area contributed by atoms with Crippen LogP contribution in [0.1, 0.15) is 5.56 Å². The van der Waals surface area contributed by atoms with Crippen LogP contribution in [-0.4, -0.2) is 10.9 Å². The van der Waals surface area contributed by atoms with Crippen LogP contribution < -0.4 is 0 Å². The highest BCUT2D eigenvalue weighted by molar-refractivity contribution is 7.80. The van der Waals surface area contributed by atoms with Gasteiger partial charge in [0.2, 0.25) is 0 Å². The fourth-order valence-corrected chi connectivity index (χ4v) is 1.73. The molecule has 17 heavy (non-hydrogen) atoms. The van der Waals surface area contributed by atoms with E-state index in [4.69, 9.17) is 0 Å². The van der Waals surface area contributed by atoms with E-state index in [-0.39, 0.29) is 0 Å². The molecule has 2 aromatic rings. The Morgan fingerprint density at radius 1 is 0.882 bits per heavy atom. The van der Waals surface area contributed by atoms with Gasteiger partial charge in [-0.1, -0.05) is 48.6 Å². The lowest BCUT2D eigenvalue weighted by molar-refractivity contribution is 0.475. The summed E-state index contributed by atoms with van der Waals surface area (Å²) < 4.78 is 0. The average molecular weight is 242 g/mol. The molecule has 0 heterocycles. The van der Waals surface area contributed by atoms with Crippen molar-refractivity contribution in [3.05, 3.63) is 60.2 Å². The third kappa shape index (κ3) is 3.14. The molecular weight excluding hydrogens is 228 g/mol. The van der Waals surface area contributed by atoms with Crippen LogP contribution in [0.2, 0.25) is 0 Å². The number of hydrogen-bond acceptors (Lipinski definition) is 2. The van der Waals surface area contributed by atoms with Gasteiger partial charge in [0.05, 0.1) is 0 Å². The van der Waals surface area contributed by atoms with Crippen molar-refractivity contribution < 1.29 is 5.11 Å². The smallest absolute Gasteiger partial charge is 0.115 e. The predicted octanol–water partition coefficient (Wildman–Crippen LogP) is 4.00. The molecule has 0 atom stereocenters. The Kier molecular flexibility index (Phi) is 3.89. The van der Waals surface area contributed by atoms with Crippen molar-refractivity contribution >= 4 is 18.7 Å². The molecule has 0 radical (unpaired) electrons. The van der Waals surface area contributed by atoms with Gasteiger partial charge in [0.25, 0.3) is 0 Å². The minimum absolute atomic E-state index is 0.294. The van der Waals surface area contributed by atoms with Crippen LogP contribution in [0, 0.1) is 0 Å². The second-order valence-electron chi connectivity index (χ2n) is 3.75. The minimum Gasteiger partial charge on any atom is -0.508 e. The molecule has 86 valence electrons. The molecule has 1 N–H and O–H groups in total. The van der Waals surface area contributed by atoms with Crippen molar-refractivity contribution in [2.24, 2.45) is 0 Å². The zero-order valence-electron chi connectivity index (χ0n) is 9.38. The molecule has 0 fully saturated rings. The van der Waals surface area contributed by atoms with Gasteiger partial charge in [0.1, 0.15) is 5.75 Å². The van der Waals surface area contributed by atoms with E-state index in [0.717, 1.165) is 16.9 Å². The lowest BCUT2D eigenvalue weighted by atomic mass is 10.0. The van der Waals surface area contributed by atoms with Crippen LogP contribution in [0.3, 0.4) is 0 Å². The number of aromatic hydroxyl groups is 1. The van der Waals surface area contributed by atoms with Crippen molar-refractivity contribution in [2.45, 2.75) is 0 Å². The quantitative estimate of drug-likeness (QED) is 0.779. The van der Waals surface area contributed by atoms with Gasteiger partial charge in [0.15, 0.2) is 0 Å². The molecular formula is C15H14OS. The Labute approximate surface area is 107 Å². The third-order valence-electron chi connectivity index (χ3n) is 2.53. The fraction of sp³-hybridized carbons (Fsp3) is 0.0667. The summed E-state index contributed by atoms with van der Waals surface area (Å²) in [5.74, 6) is 1.04. The Morgan fingerprint density at radius 3 is 1.94 bits per heavy atom. The van der Waals surface area contributed by atoms with E-state index in [1.165, 1.54) is 5.56 Å². The highest BCUT2D eigenvalue weighted by Gasteiger charge is 1.97. The predicted molar refractivity (Wildman–Crippen MR) is 76.4 cm³/mol. The summed E-state index contributed by atoms with van der Waals surface area (Å²) in [6, 6.07) is 15.5. The van der Waals surface area contributed by atoms with Crippen LogP contribution in [-0.2, 0) is 0 Å². The second-order valence-corrected chi connectivity index (χ2v) is 4.12. The standard InChI is InChI=1S/C15H14OS/c16-15-9-7-14(8-10-15)13-5-3-12(4-6-13)2-1-11-17/h1-10,16-17H,11H2. The van der Waals surface area contributed by atoms with E-state index in [0.29, 0.717) is 5.75 Å². The minimum atomic E-state index is 0.294.